The van der Waals surface area contributed by atoms with E-state index in [1.165, 1.54) is 12.1 Å². The first-order valence-electron chi connectivity index (χ1n) is 7.53. The number of hydrogen-bond donors (Lipinski definition) is 1. The Bertz CT molecular complexity index is 836. The highest BCUT2D eigenvalue weighted by molar-refractivity contribution is 7.80. The fourth-order valence-electron chi connectivity index (χ4n) is 2.98. The molecule has 2 atom stereocenters. The van der Waals surface area contributed by atoms with Gasteiger partial charge in [0.25, 0.3) is 0 Å². The van der Waals surface area contributed by atoms with Crippen LogP contribution in [0.15, 0.2) is 71.5 Å². The van der Waals surface area contributed by atoms with Gasteiger partial charge in [0.15, 0.2) is 5.11 Å². The van der Waals surface area contributed by atoms with Crippen LogP contribution in [0.2, 0.25) is 0 Å². The number of nitrogens with one attached hydrogen (secondary N) is 1. The van der Waals surface area contributed by atoms with Gasteiger partial charge in [-0.05, 0) is 60.7 Å². The van der Waals surface area contributed by atoms with E-state index in [-0.39, 0.29) is 17.9 Å². The molecule has 24 heavy (non-hydrogen) atoms. The summed E-state index contributed by atoms with van der Waals surface area (Å²) in [7, 11) is 0. The number of hydrogen-bond acceptors (Lipinski definition) is 3. The second-order valence-electron chi connectivity index (χ2n) is 5.49. The molecule has 1 fully saturated rings. The molecule has 3 aromatic rings. The molecular weight excluding hydrogens is 325 g/mol. The molecule has 1 aromatic carbocycles. The molecule has 120 valence electrons. The van der Waals surface area contributed by atoms with Crippen molar-refractivity contribution in [2.24, 2.45) is 0 Å². The van der Waals surface area contributed by atoms with Crippen molar-refractivity contribution in [1.82, 2.24) is 10.3 Å². The summed E-state index contributed by atoms with van der Waals surface area (Å²) in [6.45, 7) is 0. The van der Waals surface area contributed by atoms with Crippen molar-refractivity contribution in [3.05, 3.63) is 84.3 Å². The predicted molar refractivity (Wildman–Crippen MR) is 93.0 cm³/mol. The average Bonchev–Trinajstić information content (AvgIpc) is 3.24. The summed E-state index contributed by atoms with van der Waals surface area (Å²) in [6, 6.07) is 15.4. The molecule has 1 aliphatic heterocycles. The minimum atomic E-state index is -0.285. The van der Waals surface area contributed by atoms with E-state index < -0.39 is 0 Å². The number of halogens is 1. The van der Waals surface area contributed by atoms with Gasteiger partial charge in [-0.3, -0.25) is 4.98 Å². The number of pyridine rings is 1. The topological polar surface area (TPSA) is 41.3 Å². The Hall–Kier alpha value is -2.73. The molecule has 4 nitrogen and oxygen atoms in total. The third-order valence-corrected chi connectivity index (χ3v) is 4.35. The van der Waals surface area contributed by atoms with Crippen LogP contribution >= 0.6 is 12.2 Å². The number of nitrogens with zero attached hydrogens (tertiary/aromatic N) is 2. The van der Waals surface area contributed by atoms with Crippen LogP contribution in [-0.2, 0) is 0 Å². The van der Waals surface area contributed by atoms with Crippen LogP contribution in [0.1, 0.15) is 23.5 Å². The maximum atomic E-state index is 13.3. The van der Waals surface area contributed by atoms with E-state index in [4.69, 9.17) is 16.6 Å². The summed E-state index contributed by atoms with van der Waals surface area (Å²) in [6.07, 6.45) is 3.38. The van der Waals surface area contributed by atoms with Gasteiger partial charge >= 0.3 is 0 Å². The van der Waals surface area contributed by atoms with E-state index in [9.17, 15) is 4.39 Å². The zero-order valence-electron chi connectivity index (χ0n) is 12.6. The lowest BCUT2D eigenvalue weighted by Gasteiger charge is -2.26. The molecule has 1 aliphatic rings. The standard InChI is InChI=1S/C18H14FN3OS/c19-12-6-8-13(9-7-12)22-17(15-5-3-11-23-15)16(21-18(22)24)14-4-1-2-10-20-14/h1-11,16-17H,(H,21,24)/t16-,17+/m1/s1. The van der Waals surface area contributed by atoms with E-state index in [0.29, 0.717) is 5.11 Å². The van der Waals surface area contributed by atoms with Crippen molar-refractivity contribution in [2.45, 2.75) is 12.1 Å². The van der Waals surface area contributed by atoms with Crippen molar-refractivity contribution < 1.29 is 8.81 Å². The fourth-order valence-corrected chi connectivity index (χ4v) is 3.33. The van der Waals surface area contributed by atoms with Gasteiger partial charge in [0, 0.05) is 11.9 Å². The highest BCUT2D eigenvalue weighted by Gasteiger charge is 2.42. The quantitative estimate of drug-likeness (QED) is 0.731. The van der Waals surface area contributed by atoms with Gasteiger partial charge in [0.2, 0.25) is 0 Å². The molecule has 0 saturated carbocycles. The molecule has 0 spiro atoms. The van der Waals surface area contributed by atoms with Gasteiger partial charge in [-0.25, -0.2) is 4.39 Å². The summed E-state index contributed by atoms with van der Waals surface area (Å²) >= 11 is 5.54. The molecule has 0 unspecified atom stereocenters. The van der Waals surface area contributed by atoms with Crippen LogP contribution in [0.4, 0.5) is 10.1 Å². The Morgan fingerprint density at radius 2 is 1.92 bits per heavy atom. The third-order valence-electron chi connectivity index (χ3n) is 4.04. The Morgan fingerprint density at radius 3 is 2.58 bits per heavy atom. The molecule has 0 radical (unpaired) electrons. The molecule has 4 rings (SSSR count). The van der Waals surface area contributed by atoms with Crippen molar-refractivity contribution in [1.29, 1.82) is 0 Å². The summed E-state index contributed by atoms with van der Waals surface area (Å²) in [5, 5.41) is 3.87. The number of furan rings is 1. The van der Waals surface area contributed by atoms with Crippen molar-refractivity contribution in [3.63, 3.8) is 0 Å². The molecule has 3 heterocycles. The van der Waals surface area contributed by atoms with Crippen LogP contribution in [0.5, 0.6) is 0 Å². The van der Waals surface area contributed by atoms with Crippen molar-refractivity contribution in [3.8, 4) is 0 Å². The van der Waals surface area contributed by atoms with Gasteiger partial charge in [0.05, 0.1) is 18.0 Å². The van der Waals surface area contributed by atoms with Crippen LogP contribution in [0.3, 0.4) is 0 Å². The highest BCUT2D eigenvalue weighted by atomic mass is 32.1. The predicted octanol–water partition coefficient (Wildman–Crippen LogP) is 3.99. The first-order chi connectivity index (χ1) is 11.7. The zero-order valence-corrected chi connectivity index (χ0v) is 13.4. The van der Waals surface area contributed by atoms with Gasteiger partial charge in [-0.15, -0.1) is 0 Å². The van der Waals surface area contributed by atoms with Gasteiger partial charge in [-0.2, -0.15) is 0 Å². The van der Waals surface area contributed by atoms with Gasteiger partial charge in [-0.1, -0.05) is 6.07 Å². The van der Waals surface area contributed by atoms with Gasteiger partial charge < -0.3 is 14.6 Å². The molecule has 1 N–H and O–H groups in total. The highest BCUT2D eigenvalue weighted by Crippen LogP contribution is 2.41. The third kappa shape index (κ3) is 2.55. The number of benzene rings is 1. The van der Waals surface area contributed by atoms with E-state index >= 15 is 0 Å². The Kier molecular flexibility index (Phi) is 3.74. The second-order valence-corrected chi connectivity index (χ2v) is 5.88. The SMILES string of the molecule is Fc1ccc(N2C(=S)N[C@H](c3ccccn3)[C@@H]2c2ccco2)cc1. The van der Waals surface area contributed by atoms with E-state index in [0.717, 1.165) is 17.1 Å². The molecule has 1 saturated heterocycles. The monoisotopic (exact) mass is 339 g/mol. The fraction of sp³-hybridized carbons (Fsp3) is 0.111. The Balaban J connectivity index is 1.80. The molecule has 6 heteroatoms. The zero-order chi connectivity index (χ0) is 16.5. The number of anilines is 1. The lowest BCUT2D eigenvalue weighted by atomic mass is 10.0. The summed E-state index contributed by atoms with van der Waals surface area (Å²) in [4.78, 5) is 6.38. The van der Waals surface area contributed by atoms with Crippen molar-refractivity contribution >= 4 is 23.0 Å². The lowest BCUT2D eigenvalue weighted by Crippen LogP contribution is -2.29. The molecule has 2 aromatic heterocycles. The summed E-state index contributed by atoms with van der Waals surface area (Å²) in [5.41, 5.74) is 1.67. The number of aromatic nitrogens is 1. The minimum absolute atomic E-state index is 0.157. The maximum absolute atomic E-state index is 13.3. The minimum Gasteiger partial charge on any atom is -0.467 e. The molecule has 0 amide bonds. The average molecular weight is 339 g/mol. The first kappa shape index (κ1) is 14.8. The largest absolute Gasteiger partial charge is 0.467 e. The smallest absolute Gasteiger partial charge is 0.174 e. The van der Waals surface area contributed by atoms with E-state index in [1.807, 2.05) is 35.2 Å². The number of rotatable bonds is 3. The van der Waals surface area contributed by atoms with Crippen LogP contribution in [-0.4, -0.2) is 10.1 Å². The maximum Gasteiger partial charge on any atom is 0.174 e. The lowest BCUT2D eigenvalue weighted by molar-refractivity contribution is 0.432. The molecule has 0 bridgehead atoms. The molecule has 0 aliphatic carbocycles. The second kappa shape index (κ2) is 6.05. The normalized spacial score (nSPS) is 20.2. The number of thiocarbonyl (C=S) groups is 1. The van der Waals surface area contributed by atoms with E-state index in [2.05, 4.69) is 10.3 Å². The van der Waals surface area contributed by atoms with Crippen LogP contribution < -0.4 is 10.2 Å². The van der Waals surface area contributed by atoms with Crippen LogP contribution in [0.25, 0.3) is 0 Å². The van der Waals surface area contributed by atoms with E-state index in [1.54, 1.807) is 24.6 Å². The van der Waals surface area contributed by atoms with Gasteiger partial charge in [0.1, 0.15) is 17.6 Å². The Labute approximate surface area is 143 Å². The summed E-state index contributed by atoms with van der Waals surface area (Å²) in [5.74, 6) is 0.481. The summed E-state index contributed by atoms with van der Waals surface area (Å²) < 4.78 is 18.9. The Morgan fingerprint density at radius 1 is 1.08 bits per heavy atom. The first-order valence-corrected chi connectivity index (χ1v) is 7.94. The molecular formula is C18H14FN3OS. The van der Waals surface area contributed by atoms with Crippen molar-refractivity contribution in [2.75, 3.05) is 4.90 Å². The van der Waals surface area contributed by atoms with Crippen LogP contribution in [0, 0.1) is 5.82 Å².